The first kappa shape index (κ1) is 16.3. The molecule has 1 heterocycles. The number of benzene rings is 2. The Labute approximate surface area is 144 Å². The van der Waals surface area contributed by atoms with Gasteiger partial charge in [0, 0.05) is 6.54 Å². The van der Waals surface area contributed by atoms with Gasteiger partial charge in [0.1, 0.15) is 5.69 Å². The molecule has 0 saturated carbocycles. The first-order valence-corrected chi connectivity index (χ1v) is 7.70. The molecule has 124 valence electrons. The van der Waals surface area contributed by atoms with Crippen LogP contribution in [0.1, 0.15) is 20.8 Å². The van der Waals surface area contributed by atoms with Crippen LogP contribution in [-0.2, 0) is 0 Å². The van der Waals surface area contributed by atoms with Gasteiger partial charge in [-0.2, -0.15) is 0 Å². The summed E-state index contributed by atoms with van der Waals surface area (Å²) in [7, 11) is 0. The average Bonchev–Trinajstić information content (AvgIpc) is 2.66. The van der Waals surface area contributed by atoms with Gasteiger partial charge in [0.25, 0.3) is 11.8 Å². The highest BCUT2D eigenvalue weighted by Gasteiger charge is 2.15. The van der Waals surface area contributed by atoms with E-state index in [0.717, 1.165) is 0 Å². The summed E-state index contributed by atoms with van der Waals surface area (Å²) in [5.74, 6) is -0.720. The Morgan fingerprint density at radius 2 is 1.72 bits per heavy atom. The van der Waals surface area contributed by atoms with Crippen LogP contribution < -0.4 is 10.6 Å². The number of rotatable bonds is 5. The molecule has 0 aliphatic rings. The summed E-state index contributed by atoms with van der Waals surface area (Å²) in [4.78, 5) is 33.2. The Kier molecular flexibility index (Phi) is 4.80. The van der Waals surface area contributed by atoms with E-state index in [0.29, 0.717) is 28.8 Å². The number of anilines is 1. The summed E-state index contributed by atoms with van der Waals surface area (Å²) < 4.78 is 0. The molecule has 0 fully saturated rings. The van der Waals surface area contributed by atoms with Gasteiger partial charge < -0.3 is 10.6 Å². The highest BCUT2D eigenvalue weighted by molar-refractivity contribution is 6.08. The molecule has 6 nitrogen and oxygen atoms in total. The molecule has 3 aromatic rings. The van der Waals surface area contributed by atoms with Crippen molar-refractivity contribution in [1.29, 1.82) is 0 Å². The lowest BCUT2D eigenvalue weighted by molar-refractivity contribution is 0.0959. The average molecular weight is 332 g/mol. The lowest BCUT2D eigenvalue weighted by Crippen LogP contribution is -2.25. The van der Waals surface area contributed by atoms with E-state index in [2.05, 4.69) is 27.2 Å². The summed E-state index contributed by atoms with van der Waals surface area (Å²) in [6.07, 6.45) is 3.00. The summed E-state index contributed by atoms with van der Waals surface area (Å²) in [6.45, 7) is 3.91. The number of amides is 2. The van der Waals surface area contributed by atoms with Crippen molar-refractivity contribution < 1.29 is 9.59 Å². The van der Waals surface area contributed by atoms with Gasteiger partial charge in [0.05, 0.1) is 28.5 Å². The lowest BCUT2D eigenvalue weighted by atomic mass is 10.1. The van der Waals surface area contributed by atoms with E-state index < -0.39 is 5.91 Å². The number of para-hydroxylation sites is 3. The topological polar surface area (TPSA) is 84.0 Å². The number of hydrogen-bond donors (Lipinski definition) is 2. The SMILES string of the molecule is C=CCNC(=O)c1ccccc1NC(=O)c1cnc2ccccc2n1. The van der Waals surface area contributed by atoms with Crippen molar-refractivity contribution in [1.82, 2.24) is 15.3 Å². The second kappa shape index (κ2) is 7.35. The molecule has 0 unspecified atom stereocenters. The molecule has 6 heteroatoms. The van der Waals surface area contributed by atoms with Crippen molar-refractivity contribution in [2.45, 2.75) is 0 Å². The number of aromatic nitrogens is 2. The smallest absolute Gasteiger partial charge is 0.275 e. The number of nitrogens with zero attached hydrogens (tertiary/aromatic N) is 2. The van der Waals surface area contributed by atoms with Crippen LogP contribution >= 0.6 is 0 Å². The maximum Gasteiger partial charge on any atom is 0.275 e. The van der Waals surface area contributed by atoms with Crippen LogP contribution in [0.3, 0.4) is 0 Å². The molecule has 25 heavy (non-hydrogen) atoms. The van der Waals surface area contributed by atoms with Gasteiger partial charge in [0.2, 0.25) is 0 Å². The molecule has 0 atom stereocenters. The minimum absolute atomic E-state index is 0.181. The minimum Gasteiger partial charge on any atom is -0.349 e. The van der Waals surface area contributed by atoms with Crippen molar-refractivity contribution in [2.75, 3.05) is 11.9 Å². The fourth-order valence-electron chi connectivity index (χ4n) is 2.30. The third-order valence-corrected chi connectivity index (χ3v) is 3.51. The standard InChI is InChI=1S/C19H16N4O2/c1-2-11-20-18(24)13-7-3-4-8-14(13)23-19(25)17-12-21-15-9-5-6-10-16(15)22-17/h2-10,12H,1,11H2,(H,20,24)(H,23,25). The second-order valence-corrected chi connectivity index (χ2v) is 5.24. The zero-order chi connectivity index (χ0) is 17.6. The normalized spacial score (nSPS) is 10.2. The van der Waals surface area contributed by atoms with E-state index in [9.17, 15) is 9.59 Å². The summed E-state index contributed by atoms with van der Waals surface area (Å²) in [6, 6.07) is 14.1. The lowest BCUT2D eigenvalue weighted by Gasteiger charge is -2.10. The number of fused-ring (bicyclic) bond motifs is 1. The monoisotopic (exact) mass is 332 g/mol. The first-order valence-electron chi connectivity index (χ1n) is 7.70. The molecular formula is C19H16N4O2. The number of carbonyl (C=O) groups excluding carboxylic acids is 2. The van der Waals surface area contributed by atoms with E-state index in [1.165, 1.54) is 6.20 Å². The van der Waals surface area contributed by atoms with Gasteiger partial charge in [-0.3, -0.25) is 14.6 Å². The van der Waals surface area contributed by atoms with Crippen LogP contribution in [0.4, 0.5) is 5.69 Å². The largest absolute Gasteiger partial charge is 0.349 e. The van der Waals surface area contributed by atoms with Crippen molar-refractivity contribution in [2.24, 2.45) is 0 Å². The Bertz CT molecular complexity index is 953. The van der Waals surface area contributed by atoms with Crippen molar-refractivity contribution in [3.05, 3.63) is 78.6 Å². The predicted octanol–water partition coefficient (Wildman–Crippen LogP) is 2.80. The summed E-state index contributed by atoms with van der Waals surface area (Å²) in [5, 5.41) is 5.41. The fourth-order valence-corrected chi connectivity index (χ4v) is 2.30. The second-order valence-electron chi connectivity index (χ2n) is 5.24. The summed E-state index contributed by atoms with van der Waals surface area (Å²) >= 11 is 0. The molecule has 0 saturated heterocycles. The van der Waals surface area contributed by atoms with E-state index in [4.69, 9.17) is 0 Å². The molecule has 2 amide bonds. The van der Waals surface area contributed by atoms with Crippen LogP contribution in [0.25, 0.3) is 11.0 Å². The van der Waals surface area contributed by atoms with Gasteiger partial charge in [-0.25, -0.2) is 4.98 Å². The number of nitrogens with one attached hydrogen (secondary N) is 2. The molecule has 3 rings (SSSR count). The van der Waals surface area contributed by atoms with Gasteiger partial charge in [-0.15, -0.1) is 6.58 Å². The molecule has 2 aromatic carbocycles. The predicted molar refractivity (Wildman–Crippen MR) is 96.5 cm³/mol. The van der Waals surface area contributed by atoms with Crippen molar-refractivity contribution >= 4 is 28.5 Å². The fraction of sp³-hybridized carbons (Fsp3) is 0.0526. The molecule has 0 aliphatic carbocycles. The maximum absolute atomic E-state index is 12.5. The Morgan fingerprint density at radius 3 is 2.52 bits per heavy atom. The van der Waals surface area contributed by atoms with Crippen LogP contribution in [-0.4, -0.2) is 28.3 Å². The third-order valence-electron chi connectivity index (χ3n) is 3.51. The first-order chi connectivity index (χ1) is 12.2. The van der Waals surface area contributed by atoms with Gasteiger partial charge in [-0.1, -0.05) is 30.3 Å². The van der Waals surface area contributed by atoms with Crippen LogP contribution in [0.5, 0.6) is 0 Å². The van der Waals surface area contributed by atoms with Gasteiger partial charge in [-0.05, 0) is 24.3 Å². The van der Waals surface area contributed by atoms with E-state index in [-0.39, 0.29) is 11.6 Å². The maximum atomic E-state index is 12.5. The molecule has 2 N–H and O–H groups in total. The quantitative estimate of drug-likeness (QED) is 0.704. The molecule has 0 aliphatic heterocycles. The van der Waals surface area contributed by atoms with Crippen molar-refractivity contribution in [3.63, 3.8) is 0 Å². The Morgan fingerprint density at radius 1 is 1.00 bits per heavy atom. The van der Waals surface area contributed by atoms with Crippen molar-refractivity contribution in [3.8, 4) is 0 Å². The van der Waals surface area contributed by atoms with E-state index in [1.807, 2.05) is 18.2 Å². The zero-order valence-electron chi connectivity index (χ0n) is 13.4. The highest BCUT2D eigenvalue weighted by atomic mass is 16.2. The Balaban J connectivity index is 1.85. The molecule has 1 aromatic heterocycles. The number of carbonyl (C=O) groups is 2. The van der Waals surface area contributed by atoms with Gasteiger partial charge in [0.15, 0.2) is 0 Å². The molecule has 0 bridgehead atoms. The summed E-state index contributed by atoms with van der Waals surface area (Å²) in [5.41, 5.74) is 2.30. The molecule has 0 radical (unpaired) electrons. The zero-order valence-corrected chi connectivity index (χ0v) is 13.4. The molecule has 0 spiro atoms. The molecular weight excluding hydrogens is 316 g/mol. The minimum atomic E-state index is -0.428. The van der Waals surface area contributed by atoms with Crippen LogP contribution in [0, 0.1) is 0 Å². The Hall–Kier alpha value is -3.54. The van der Waals surface area contributed by atoms with E-state index >= 15 is 0 Å². The van der Waals surface area contributed by atoms with Crippen LogP contribution in [0.15, 0.2) is 67.4 Å². The highest BCUT2D eigenvalue weighted by Crippen LogP contribution is 2.16. The van der Waals surface area contributed by atoms with E-state index in [1.54, 1.807) is 36.4 Å². The number of hydrogen-bond acceptors (Lipinski definition) is 4. The third kappa shape index (κ3) is 3.69. The van der Waals surface area contributed by atoms with Gasteiger partial charge >= 0.3 is 0 Å². The van der Waals surface area contributed by atoms with Crippen LogP contribution in [0.2, 0.25) is 0 Å².